The summed E-state index contributed by atoms with van der Waals surface area (Å²) in [5.74, 6) is -0.733. The molecule has 0 aliphatic carbocycles. The third-order valence-corrected chi connectivity index (χ3v) is 3.03. The van der Waals surface area contributed by atoms with Crippen LogP contribution in [0.4, 0.5) is 8.78 Å². The topological polar surface area (TPSA) is 9.23 Å². The Bertz CT molecular complexity index is 584. The molecule has 1 nitrogen and oxygen atoms in total. The van der Waals surface area contributed by atoms with E-state index in [9.17, 15) is 8.78 Å². The van der Waals surface area contributed by atoms with Gasteiger partial charge in [-0.15, -0.1) is 11.6 Å². The van der Waals surface area contributed by atoms with Crippen molar-refractivity contribution in [3.05, 3.63) is 64.7 Å². The molecule has 2 aromatic carbocycles. The summed E-state index contributed by atoms with van der Waals surface area (Å²) >= 11 is 5.84. The highest BCUT2D eigenvalue weighted by Gasteiger charge is 2.06. The van der Waals surface area contributed by atoms with Crippen molar-refractivity contribution in [3.8, 4) is 5.75 Å². The molecule has 4 heteroatoms. The molecule has 0 aliphatic heterocycles. The Morgan fingerprint density at radius 2 is 1.84 bits per heavy atom. The van der Waals surface area contributed by atoms with Gasteiger partial charge in [0.25, 0.3) is 0 Å². The zero-order chi connectivity index (χ0) is 13.8. The quantitative estimate of drug-likeness (QED) is 0.745. The Kier molecular flexibility index (Phi) is 4.38. The van der Waals surface area contributed by atoms with Gasteiger partial charge >= 0.3 is 0 Å². The summed E-state index contributed by atoms with van der Waals surface area (Å²) in [5.41, 5.74) is 2.54. The van der Waals surface area contributed by atoms with E-state index in [0.717, 1.165) is 23.3 Å². The molecule has 0 heterocycles. The summed E-state index contributed by atoms with van der Waals surface area (Å²) < 4.78 is 31.4. The number of aryl methyl sites for hydroxylation is 1. The first-order chi connectivity index (χ1) is 9.10. The van der Waals surface area contributed by atoms with Crippen molar-refractivity contribution >= 4 is 11.6 Å². The van der Waals surface area contributed by atoms with Crippen LogP contribution in [0.5, 0.6) is 5.75 Å². The van der Waals surface area contributed by atoms with Crippen LogP contribution in [0.3, 0.4) is 0 Å². The minimum atomic E-state index is -0.873. The van der Waals surface area contributed by atoms with E-state index in [0.29, 0.717) is 17.2 Å². The largest absolute Gasteiger partial charge is 0.489 e. The lowest BCUT2D eigenvalue weighted by molar-refractivity contribution is 0.302. The van der Waals surface area contributed by atoms with Crippen LogP contribution in [0.15, 0.2) is 36.4 Å². The Labute approximate surface area is 115 Å². The minimum Gasteiger partial charge on any atom is -0.489 e. The molecule has 0 fully saturated rings. The molecule has 0 aliphatic rings. The van der Waals surface area contributed by atoms with Gasteiger partial charge in [0.05, 0.1) is 5.88 Å². The van der Waals surface area contributed by atoms with Crippen LogP contribution >= 0.6 is 11.6 Å². The molecule has 0 radical (unpaired) electrons. The highest BCUT2D eigenvalue weighted by molar-refractivity contribution is 6.17. The lowest BCUT2D eigenvalue weighted by Gasteiger charge is -2.11. The fourth-order valence-electron chi connectivity index (χ4n) is 1.74. The van der Waals surface area contributed by atoms with Crippen LogP contribution in [-0.4, -0.2) is 0 Å². The van der Waals surface area contributed by atoms with Crippen molar-refractivity contribution in [2.24, 2.45) is 0 Å². The molecule has 0 N–H and O–H groups in total. The van der Waals surface area contributed by atoms with Crippen LogP contribution in [0, 0.1) is 18.6 Å². The van der Waals surface area contributed by atoms with Crippen molar-refractivity contribution in [1.29, 1.82) is 0 Å². The van der Waals surface area contributed by atoms with Gasteiger partial charge in [-0.25, -0.2) is 8.78 Å². The molecule has 0 amide bonds. The fourth-order valence-corrected chi connectivity index (χ4v) is 1.95. The van der Waals surface area contributed by atoms with Crippen molar-refractivity contribution in [3.63, 3.8) is 0 Å². The van der Waals surface area contributed by atoms with Gasteiger partial charge in [0.2, 0.25) is 0 Å². The van der Waals surface area contributed by atoms with Crippen molar-refractivity contribution < 1.29 is 13.5 Å². The monoisotopic (exact) mass is 282 g/mol. The minimum absolute atomic E-state index is 0.171. The first-order valence-electron chi connectivity index (χ1n) is 5.82. The number of ether oxygens (including phenoxy) is 1. The molecule has 0 bridgehead atoms. The highest BCUT2D eigenvalue weighted by Crippen LogP contribution is 2.23. The second kappa shape index (κ2) is 6.02. The van der Waals surface area contributed by atoms with Gasteiger partial charge in [-0.3, -0.25) is 0 Å². The SMILES string of the molecule is Cc1ccc(OCc2ccc(F)c(F)c2)c(CCl)c1. The summed E-state index contributed by atoms with van der Waals surface area (Å²) in [4.78, 5) is 0. The Morgan fingerprint density at radius 3 is 2.53 bits per heavy atom. The zero-order valence-electron chi connectivity index (χ0n) is 10.4. The van der Waals surface area contributed by atoms with Gasteiger partial charge in [0.1, 0.15) is 12.4 Å². The van der Waals surface area contributed by atoms with Crippen LogP contribution in [0.2, 0.25) is 0 Å². The van der Waals surface area contributed by atoms with Crippen molar-refractivity contribution in [2.75, 3.05) is 0 Å². The molecule has 0 unspecified atom stereocenters. The summed E-state index contributed by atoms with van der Waals surface area (Å²) in [6.07, 6.45) is 0. The third kappa shape index (κ3) is 3.44. The predicted octanol–water partition coefficient (Wildman–Crippen LogP) is 4.59. The number of halogens is 3. The summed E-state index contributed by atoms with van der Waals surface area (Å²) in [6, 6.07) is 9.39. The van der Waals surface area contributed by atoms with Gasteiger partial charge in [-0.2, -0.15) is 0 Å². The second-order valence-corrected chi connectivity index (χ2v) is 4.55. The van der Waals surface area contributed by atoms with E-state index in [1.54, 1.807) is 0 Å². The van der Waals surface area contributed by atoms with Gasteiger partial charge in [0, 0.05) is 5.56 Å². The number of benzene rings is 2. The van der Waals surface area contributed by atoms with Crippen LogP contribution < -0.4 is 4.74 Å². The smallest absolute Gasteiger partial charge is 0.159 e. The maximum Gasteiger partial charge on any atom is 0.159 e. The average Bonchev–Trinajstić information content (AvgIpc) is 2.41. The van der Waals surface area contributed by atoms with Gasteiger partial charge in [0.15, 0.2) is 11.6 Å². The number of hydrogen-bond donors (Lipinski definition) is 0. The van der Waals surface area contributed by atoms with E-state index in [1.807, 2.05) is 25.1 Å². The number of rotatable bonds is 4. The summed E-state index contributed by atoms with van der Waals surface area (Å²) in [5, 5.41) is 0. The van der Waals surface area contributed by atoms with E-state index in [4.69, 9.17) is 16.3 Å². The van der Waals surface area contributed by atoms with Crippen molar-refractivity contribution in [1.82, 2.24) is 0 Å². The molecular weight excluding hydrogens is 270 g/mol. The molecule has 19 heavy (non-hydrogen) atoms. The zero-order valence-corrected chi connectivity index (χ0v) is 11.2. The van der Waals surface area contributed by atoms with E-state index in [2.05, 4.69) is 0 Å². The van der Waals surface area contributed by atoms with E-state index in [1.165, 1.54) is 6.07 Å². The second-order valence-electron chi connectivity index (χ2n) is 4.28. The van der Waals surface area contributed by atoms with Crippen LogP contribution in [0.25, 0.3) is 0 Å². The maximum absolute atomic E-state index is 13.1. The molecule has 0 saturated carbocycles. The average molecular weight is 283 g/mol. The van der Waals surface area contributed by atoms with E-state index < -0.39 is 11.6 Å². The summed E-state index contributed by atoms with van der Waals surface area (Å²) in [6.45, 7) is 2.14. The molecular formula is C15H13ClF2O. The Morgan fingerprint density at radius 1 is 1.05 bits per heavy atom. The molecule has 2 aromatic rings. The van der Waals surface area contributed by atoms with Gasteiger partial charge in [-0.1, -0.05) is 23.8 Å². The number of alkyl halides is 1. The third-order valence-electron chi connectivity index (χ3n) is 2.74. The Hall–Kier alpha value is -1.61. The fraction of sp³-hybridized carbons (Fsp3) is 0.200. The lowest BCUT2D eigenvalue weighted by atomic mass is 10.1. The molecule has 2 rings (SSSR count). The molecule has 0 atom stereocenters. The van der Waals surface area contributed by atoms with Crippen LogP contribution in [-0.2, 0) is 12.5 Å². The van der Waals surface area contributed by atoms with Gasteiger partial charge in [-0.05, 0) is 30.7 Å². The standard InChI is InChI=1S/C15H13ClF2O/c1-10-2-5-15(12(6-10)8-16)19-9-11-3-4-13(17)14(18)7-11/h2-7H,8-9H2,1H3. The molecule has 0 aromatic heterocycles. The first-order valence-corrected chi connectivity index (χ1v) is 6.36. The van der Waals surface area contributed by atoms with E-state index in [-0.39, 0.29) is 6.61 Å². The Balaban J connectivity index is 2.12. The van der Waals surface area contributed by atoms with Gasteiger partial charge < -0.3 is 4.74 Å². The predicted molar refractivity (Wildman–Crippen MR) is 71.4 cm³/mol. The molecule has 0 spiro atoms. The van der Waals surface area contributed by atoms with E-state index >= 15 is 0 Å². The van der Waals surface area contributed by atoms with Crippen LogP contribution in [0.1, 0.15) is 16.7 Å². The van der Waals surface area contributed by atoms with Crippen molar-refractivity contribution in [2.45, 2.75) is 19.4 Å². The number of hydrogen-bond acceptors (Lipinski definition) is 1. The summed E-state index contributed by atoms with van der Waals surface area (Å²) in [7, 11) is 0. The normalized spacial score (nSPS) is 10.5. The lowest BCUT2D eigenvalue weighted by Crippen LogP contribution is -1.99. The highest BCUT2D eigenvalue weighted by atomic mass is 35.5. The molecule has 0 saturated heterocycles. The molecule has 100 valence electrons. The maximum atomic E-state index is 13.1. The first kappa shape index (κ1) is 13.8.